The van der Waals surface area contributed by atoms with Crippen molar-refractivity contribution in [2.24, 2.45) is 0 Å². The molecule has 2 aromatic rings. The van der Waals surface area contributed by atoms with Gasteiger partial charge in [-0.1, -0.05) is 6.07 Å². The van der Waals surface area contributed by atoms with Crippen LogP contribution in [0.3, 0.4) is 0 Å². The van der Waals surface area contributed by atoms with Crippen molar-refractivity contribution in [3.05, 3.63) is 65.2 Å². The van der Waals surface area contributed by atoms with E-state index in [1.807, 2.05) is 18.2 Å². The van der Waals surface area contributed by atoms with Crippen LogP contribution in [0.15, 0.2) is 48.5 Å². The van der Waals surface area contributed by atoms with Gasteiger partial charge in [-0.15, -0.1) is 0 Å². The molecule has 0 atom stereocenters. The van der Waals surface area contributed by atoms with E-state index in [4.69, 9.17) is 4.74 Å². The lowest BCUT2D eigenvalue weighted by atomic mass is 9.94. The first kappa shape index (κ1) is 19.0. The van der Waals surface area contributed by atoms with Crippen molar-refractivity contribution in [3.63, 3.8) is 0 Å². The Bertz CT molecular complexity index is 1020. The van der Waals surface area contributed by atoms with Crippen molar-refractivity contribution in [2.45, 2.75) is 19.4 Å². The third-order valence-electron chi connectivity index (χ3n) is 4.39. The van der Waals surface area contributed by atoms with E-state index in [9.17, 15) is 13.2 Å². The van der Waals surface area contributed by atoms with E-state index in [1.54, 1.807) is 37.5 Å². The number of methoxy groups -OCH3 is 1. The van der Waals surface area contributed by atoms with Gasteiger partial charge >= 0.3 is 0 Å². The summed E-state index contributed by atoms with van der Waals surface area (Å²) in [4.78, 5) is 12.7. The minimum atomic E-state index is -3.35. The van der Waals surface area contributed by atoms with E-state index in [1.165, 1.54) is 0 Å². The zero-order valence-corrected chi connectivity index (χ0v) is 16.5. The fourth-order valence-corrected chi connectivity index (χ4v) is 3.70. The van der Waals surface area contributed by atoms with Crippen LogP contribution in [-0.2, 0) is 15.6 Å². The molecule has 1 heterocycles. The number of fused-ring (bicyclic) bond motifs is 1. The highest BCUT2D eigenvalue weighted by Crippen LogP contribution is 2.38. The average Bonchev–Trinajstić information content (AvgIpc) is 2.84. The van der Waals surface area contributed by atoms with Crippen LogP contribution in [0.25, 0.3) is 5.70 Å². The van der Waals surface area contributed by atoms with Gasteiger partial charge in [-0.2, -0.15) is 0 Å². The number of allylic oxidation sites excluding steroid dienone is 1. The van der Waals surface area contributed by atoms with Gasteiger partial charge in [-0.3, -0.25) is 9.52 Å². The van der Waals surface area contributed by atoms with Crippen LogP contribution < -0.4 is 14.8 Å². The Balaban J connectivity index is 1.90. The quantitative estimate of drug-likeness (QED) is 0.609. The number of hydrogen-bond donors (Lipinski definition) is 2. The zero-order chi connectivity index (χ0) is 19.8. The largest absolute Gasteiger partial charge is 0.497 e. The number of anilines is 1. The van der Waals surface area contributed by atoms with Gasteiger partial charge in [-0.05, 0) is 55.8 Å². The fraction of sp³-hybridized carbons (Fsp3) is 0.250. The van der Waals surface area contributed by atoms with Gasteiger partial charge < -0.3 is 10.1 Å². The first-order valence-corrected chi connectivity index (χ1v) is 10.3. The number of carbonyl (C=O) groups is 1. The molecule has 27 heavy (non-hydrogen) atoms. The summed E-state index contributed by atoms with van der Waals surface area (Å²) in [5, 5.41) is 3.38. The monoisotopic (exact) mass is 386 g/mol. The van der Waals surface area contributed by atoms with Crippen molar-refractivity contribution in [1.29, 1.82) is 0 Å². The molecule has 6 nitrogen and oxygen atoms in total. The van der Waals surface area contributed by atoms with Crippen LogP contribution in [-0.4, -0.2) is 27.6 Å². The van der Waals surface area contributed by atoms with Crippen LogP contribution in [0.4, 0.5) is 5.69 Å². The normalized spacial score (nSPS) is 16.5. The van der Waals surface area contributed by atoms with E-state index in [0.717, 1.165) is 28.8 Å². The summed E-state index contributed by atoms with van der Waals surface area (Å²) < 4.78 is 30.2. The van der Waals surface area contributed by atoms with Gasteiger partial charge in [0.15, 0.2) is 5.78 Å². The summed E-state index contributed by atoms with van der Waals surface area (Å²) in [7, 11) is -1.74. The molecule has 0 radical (unpaired) electrons. The van der Waals surface area contributed by atoms with Crippen molar-refractivity contribution in [2.75, 3.05) is 18.1 Å². The number of ketones is 1. The Labute approximate surface area is 159 Å². The Morgan fingerprint density at radius 1 is 1.15 bits per heavy atom. The first-order valence-electron chi connectivity index (χ1n) is 8.40. The van der Waals surface area contributed by atoms with E-state index in [0.29, 0.717) is 11.3 Å². The van der Waals surface area contributed by atoms with Gasteiger partial charge in [0.25, 0.3) is 0 Å². The van der Waals surface area contributed by atoms with Gasteiger partial charge in [0.2, 0.25) is 10.0 Å². The maximum absolute atomic E-state index is 12.7. The molecule has 142 valence electrons. The molecule has 0 saturated heterocycles. The summed E-state index contributed by atoms with van der Waals surface area (Å²) in [5.74, 6) is 0.553. The number of benzene rings is 2. The SMILES string of the molecule is COc1ccc2c(c1)/C(=C/C(=O)c1ccc(NS(C)(=O)=O)cc1)NC2(C)C. The van der Waals surface area contributed by atoms with E-state index >= 15 is 0 Å². The molecule has 0 fully saturated rings. The number of nitrogens with one attached hydrogen (secondary N) is 2. The lowest BCUT2D eigenvalue weighted by Gasteiger charge is -2.20. The van der Waals surface area contributed by atoms with Crippen LogP contribution in [0.2, 0.25) is 0 Å². The second kappa shape index (κ2) is 6.74. The molecule has 0 saturated carbocycles. The minimum absolute atomic E-state index is 0.171. The number of rotatable bonds is 5. The summed E-state index contributed by atoms with van der Waals surface area (Å²) in [5.41, 5.74) is 3.35. The Kier molecular flexibility index (Phi) is 4.73. The molecule has 2 aromatic carbocycles. The molecule has 0 aliphatic carbocycles. The van der Waals surface area contributed by atoms with Crippen LogP contribution in [0, 0.1) is 0 Å². The summed E-state index contributed by atoms with van der Waals surface area (Å²) >= 11 is 0. The van der Waals surface area contributed by atoms with Gasteiger partial charge in [0, 0.05) is 28.6 Å². The molecular formula is C20H22N2O4S. The van der Waals surface area contributed by atoms with E-state index in [2.05, 4.69) is 23.9 Å². The van der Waals surface area contributed by atoms with E-state index < -0.39 is 10.0 Å². The molecule has 3 rings (SSSR count). The lowest BCUT2D eigenvalue weighted by Crippen LogP contribution is -2.28. The van der Waals surface area contributed by atoms with Crippen molar-refractivity contribution < 1.29 is 17.9 Å². The number of ether oxygens (including phenoxy) is 1. The molecule has 1 aliphatic heterocycles. The van der Waals surface area contributed by atoms with E-state index in [-0.39, 0.29) is 11.3 Å². The number of carbonyl (C=O) groups excluding carboxylic acids is 1. The number of sulfonamides is 1. The molecule has 2 N–H and O–H groups in total. The second-order valence-electron chi connectivity index (χ2n) is 7.04. The second-order valence-corrected chi connectivity index (χ2v) is 8.78. The minimum Gasteiger partial charge on any atom is -0.497 e. The molecule has 1 aliphatic rings. The highest BCUT2D eigenvalue weighted by Gasteiger charge is 2.33. The Morgan fingerprint density at radius 2 is 1.81 bits per heavy atom. The van der Waals surface area contributed by atoms with Crippen molar-refractivity contribution >= 4 is 27.2 Å². The maximum Gasteiger partial charge on any atom is 0.229 e. The first-order chi connectivity index (χ1) is 12.6. The third kappa shape index (κ3) is 4.14. The lowest BCUT2D eigenvalue weighted by molar-refractivity contribution is 0.104. The predicted molar refractivity (Wildman–Crippen MR) is 106 cm³/mol. The molecule has 0 unspecified atom stereocenters. The highest BCUT2D eigenvalue weighted by molar-refractivity contribution is 7.92. The smallest absolute Gasteiger partial charge is 0.229 e. The molecule has 0 spiro atoms. The summed E-state index contributed by atoms with van der Waals surface area (Å²) in [6, 6.07) is 12.1. The predicted octanol–water partition coefficient (Wildman–Crippen LogP) is 3.13. The third-order valence-corrected chi connectivity index (χ3v) is 4.99. The standard InChI is InChI=1S/C20H22N2O4S/c1-20(2)17-10-9-15(26-3)11-16(17)18(21-20)12-19(23)13-5-7-14(8-6-13)22-27(4,24)25/h5-12,21-22H,1-4H3/b18-12-. The van der Waals surface area contributed by atoms with Crippen LogP contribution in [0.5, 0.6) is 5.75 Å². The molecular weight excluding hydrogens is 364 g/mol. The summed E-state index contributed by atoms with van der Waals surface area (Å²) in [6.45, 7) is 4.10. The molecule has 0 amide bonds. The topological polar surface area (TPSA) is 84.5 Å². The van der Waals surface area contributed by atoms with Crippen molar-refractivity contribution in [1.82, 2.24) is 5.32 Å². The molecule has 0 aromatic heterocycles. The Hall–Kier alpha value is -2.80. The summed E-state index contributed by atoms with van der Waals surface area (Å²) in [6.07, 6.45) is 2.64. The molecule has 7 heteroatoms. The Morgan fingerprint density at radius 3 is 2.41 bits per heavy atom. The van der Waals surface area contributed by atoms with Gasteiger partial charge in [-0.25, -0.2) is 8.42 Å². The number of hydrogen-bond acceptors (Lipinski definition) is 5. The average molecular weight is 386 g/mol. The van der Waals surface area contributed by atoms with Gasteiger partial charge in [0.05, 0.1) is 18.9 Å². The zero-order valence-electron chi connectivity index (χ0n) is 15.7. The van der Waals surface area contributed by atoms with Gasteiger partial charge in [0.1, 0.15) is 5.75 Å². The van der Waals surface area contributed by atoms with Crippen molar-refractivity contribution in [3.8, 4) is 5.75 Å². The molecule has 0 bridgehead atoms. The van der Waals surface area contributed by atoms with Crippen LogP contribution in [0.1, 0.15) is 35.3 Å². The van der Waals surface area contributed by atoms with Crippen LogP contribution >= 0.6 is 0 Å². The maximum atomic E-state index is 12.7. The highest BCUT2D eigenvalue weighted by atomic mass is 32.2. The fourth-order valence-electron chi connectivity index (χ4n) is 3.13.